The van der Waals surface area contributed by atoms with Crippen LogP contribution < -0.4 is 4.90 Å². The zero-order valence-electron chi connectivity index (χ0n) is 17.6. The molecule has 1 aromatic carbocycles. The maximum Gasteiger partial charge on any atom is 0.173 e. The zero-order valence-corrected chi connectivity index (χ0v) is 17.6. The summed E-state index contributed by atoms with van der Waals surface area (Å²) in [4.78, 5) is 8.74. The molecule has 2 aromatic heterocycles. The van der Waals surface area contributed by atoms with Crippen LogP contribution >= 0.6 is 0 Å². The molecule has 0 spiro atoms. The molecule has 3 heterocycles. The molecular weight excluding hydrogens is 393 g/mol. The fraction of sp³-hybridized carbons (Fsp3) is 0.478. The van der Waals surface area contributed by atoms with Gasteiger partial charge in [0.05, 0.1) is 17.8 Å². The molecule has 5 rings (SSSR count). The van der Waals surface area contributed by atoms with Gasteiger partial charge in [-0.25, -0.2) is 9.07 Å². The summed E-state index contributed by atoms with van der Waals surface area (Å²) < 4.78 is 16.3. The second kappa shape index (κ2) is 9.09. The lowest BCUT2D eigenvalue weighted by Gasteiger charge is -2.40. The summed E-state index contributed by atoms with van der Waals surface area (Å²) in [6.07, 6.45) is 9.65. The molecule has 162 valence electrons. The Kier molecular flexibility index (Phi) is 5.88. The van der Waals surface area contributed by atoms with Crippen LogP contribution in [0.3, 0.4) is 0 Å². The van der Waals surface area contributed by atoms with Crippen LogP contribution in [0.2, 0.25) is 0 Å². The minimum atomic E-state index is -0.164. The molecule has 1 atom stereocenters. The Morgan fingerprint density at radius 1 is 0.903 bits per heavy atom. The van der Waals surface area contributed by atoms with Crippen molar-refractivity contribution in [2.45, 2.75) is 44.2 Å². The first-order chi connectivity index (χ1) is 15.3. The molecule has 0 radical (unpaired) electrons. The molecule has 31 heavy (non-hydrogen) atoms. The number of para-hydroxylation sites is 1. The second-order valence-corrected chi connectivity index (χ2v) is 8.43. The van der Waals surface area contributed by atoms with Crippen LogP contribution in [0.5, 0.6) is 0 Å². The van der Waals surface area contributed by atoms with E-state index >= 15 is 0 Å². The first-order valence-corrected chi connectivity index (χ1v) is 11.2. The fourth-order valence-corrected chi connectivity index (χ4v) is 4.96. The number of pyridine rings is 1. The minimum Gasteiger partial charge on any atom is -0.367 e. The summed E-state index contributed by atoms with van der Waals surface area (Å²) in [5, 5.41) is 13.0. The van der Waals surface area contributed by atoms with E-state index in [0.717, 1.165) is 50.4 Å². The number of anilines is 1. The SMILES string of the molecule is Fc1ccccc1N1CCN([C@H](c2ccncc2)c2nnnn2C2CCCCC2)CC1. The highest BCUT2D eigenvalue weighted by atomic mass is 19.1. The fourth-order valence-electron chi connectivity index (χ4n) is 4.96. The molecule has 2 aliphatic rings. The summed E-state index contributed by atoms with van der Waals surface area (Å²) >= 11 is 0. The lowest BCUT2D eigenvalue weighted by atomic mass is 9.95. The number of halogens is 1. The number of benzene rings is 1. The van der Waals surface area contributed by atoms with E-state index < -0.39 is 0 Å². The van der Waals surface area contributed by atoms with Crippen molar-refractivity contribution < 1.29 is 4.39 Å². The Balaban J connectivity index is 1.41. The van der Waals surface area contributed by atoms with Crippen LogP contribution in [-0.4, -0.2) is 56.3 Å². The number of aromatic nitrogens is 5. The number of nitrogens with zero attached hydrogens (tertiary/aromatic N) is 7. The van der Waals surface area contributed by atoms with Gasteiger partial charge in [-0.1, -0.05) is 31.4 Å². The summed E-state index contributed by atoms with van der Waals surface area (Å²) in [5.41, 5.74) is 1.82. The Bertz CT molecular complexity index is 978. The monoisotopic (exact) mass is 421 g/mol. The van der Waals surface area contributed by atoms with Gasteiger partial charge in [0.1, 0.15) is 5.82 Å². The van der Waals surface area contributed by atoms with E-state index in [2.05, 4.69) is 35.0 Å². The highest BCUT2D eigenvalue weighted by Crippen LogP contribution is 2.34. The molecule has 0 unspecified atom stereocenters. The van der Waals surface area contributed by atoms with Gasteiger partial charge >= 0.3 is 0 Å². The lowest BCUT2D eigenvalue weighted by Crippen LogP contribution is -2.48. The first kappa shape index (κ1) is 20.1. The van der Waals surface area contributed by atoms with Gasteiger partial charge in [0, 0.05) is 38.6 Å². The van der Waals surface area contributed by atoms with E-state index in [1.807, 2.05) is 36.7 Å². The maximum atomic E-state index is 14.3. The predicted octanol–water partition coefficient (Wildman–Crippen LogP) is 3.62. The van der Waals surface area contributed by atoms with Crippen molar-refractivity contribution in [2.75, 3.05) is 31.1 Å². The second-order valence-electron chi connectivity index (χ2n) is 8.43. The molecular formula is C23H28FN7. The molecule has 0 bridgehead atoms. The van der Waals surface area contributed by atoms with E-state index in [9.17, 15) is 4.39 Å². The quantitative estimate of drug-likeness (QED) is 0.627. The van der Waals surface area contributed by atoms with Crippen molar-refractivity contribution >= 4 is 5.69 Å². The summed E-state index contributed by atoms with van der Waals surface area (Å²) in [6.45, 7) is 3.12. The van der Waals surface area contributed by atoms with Gasteiger partial charge in [-0.3, -0.25) is 9.88 Å². The van der Waals surface area contributed by atoms with Crippen molar-refractivity contribution in [1.82, 2.24) is 30.1 Å². The topological polar surface area (TPSA) is 63.0 Å². The largest absolute Gasteiger partial charge is 0.367 e. The third kappa shape index (κ3) is 4.17. The van der Waals surface area contributed by atoms with E-state index in [1.165, 1.54) is 25.3 Å². The smallest absolute Gasteiger partial charge is 0.173 e. The van der Waals surface area contributed by atoms with E-state index in [4.69, 9.17) is 0 Å². The van der Waals surface area contributed by atoms with Gasteiger partial charge in [0.2, 0.25) is 0 Å². The normalized spacial score (nSPS) is 19.5. The Morgan fingerprint density at radius 2 is 1.65 bits per heavy atom. The standard InChI is InChI=1S/C23H28FN7/c24-20-8-4-5-9-21(20)29-14-16-30(17-15-29)22(18-10-12-25-13-11-18)23-26-27-28-31(23)19-6-2-1-3-7-19/h4-5,8-13,19,22H,1-3,6-7,14-17H2/t22-/m1/s1. The molecule has 3 aromatic rings. The number of piperazine rings is 1. The number of hydrogen-bond donors (Lipinski definition) is 0. The van der Waals surface area contributed by atoms with Crippen molar-refractivity contribution in [3.63, 3.8) is 0 Å². The van der Waals surface area contributed by atoms with Crippen molar-refractivity contribution in [1.29, 1.82) is 0 Å². The van der Waals surface area contributed by atoms with Crippen molar-refractivity contribution in [3.05, 3.63) is 66.0 Å². The maximum absolute atomic E-state index is 14.3. The van der Waals surface area contributed by atoms with Crippen LogP contribution in [0.25, 0.3) is 0 Å². The van der Waals surface area contributed by atoms with Gasteiger partial charge in [-0.15, -0.1) is 5.10 Å². The molecule has 2 fully saturated rings. The van der Waals surface area contributed by atoms with Gasteiger partial charge < -0.3 is 4.90 Å². The molecule has 0 N–H and O–H groups in total. The third-order valence-corrected chi connectivity index (χ3v) is 6.58. The predicted molar refractivity (Wildman–Crippen MR) is 116 cm³/mol. The molecule has 0 amide bonds. The van der Waals surface area contributed by atoms with E-state index in [-0.39, 0.29) is 11.9 Å². The first-order valence-electron chi connectivity index (χ1n) is 11.2. The van der Waals surface area contributed by atoms with Gasteiger partial charge in [0.25, 0.3) is 0 Å². The molecule has 1 saturated heterocycles. The van der Waals surface area contributed by atoms with Gasteiger partial charge in [0.15, 0.2) is 5.82 Å². The zero-order chi connectivity index (χ0) is 21.0. The van der Waals surface area contributed by atoms with Crippen LogP contribution in [-0.2, 0) is 0 Å². The number of tetrazole rings is 1. The number of hydrogen-bond acceptors (Lipinski definition) is 6. The van der Waals surface area contributed by atoms with Gasteiger partial charge in [-0.2, -0.15) is 0 Å². The molecule has 1 saturated carbocycles. The Labute approximate surface area is 181 Å². The molecule has 1 aliphatic carbocycles. The summed E-state index contributed by atoms with van der Waals surface area (Å²) in [6, 6.07) is 11.4. The average molecular weight is 422 g/mol. The van der Waals surface area contributed by atoms with Crippen LogP contribution in [0.15, 0.2) is 48.8 Å². The van der Waals surface area contributed by atoms with E-state index in [0.29, 0.717) is 11.7 Å². The van der Waals surface area contributed by atoms with Crippen LogP contribution in [0, 0.1) is 5.82 Å². The third-order valence-electron chi connectivity index (χ3n) is 6.58. The molecule has 1 aliphatic heterocycles. The Morgan fingerprint density at radius 3 is 2.39 bits per heavy atom. The average Bonchev–Trinajstić information content (AvgIpc) is 3.31. The Hall–Kier alpha value is -2.87. The minimum absolute atomic E-state index is 0.0392. The lowest BCUT2D eigenvalue weighted by molar-refractivity contribution is 0.193. The van der Waals surface area contributed by atoms with Gasteiger partial charge in [-0.05, 0) is 53.1 Å². The van der Waals surface area contributed by atoms with Crippen LogP contribution in [0.1, 0.15) is 55.6 Å². The van der Waals surface area contributed by atoms with Crippen molar-refractivity contribution in [3.8, 4) is 0 Å². The highest BCUT2D eigenvalue weighted by Gasteiger charge is 2.33. The number of rotatable bonds is 5. The highest BCUT2D eigenvalue weighted by molar-refractivity contribution is 5.48. The molecule has 8 heteroatoms. The van der Waals surface area contributed by atoms with E-state index in [1.54, 1.807) is 6.07 Å². The molecule has 7 nitrogen and oxygen atoms in total. The van der Waals surface area contributed by atoms with Crippen molar-refractivity contribution in [2.24, 2.45) is 0 Å². The summed E-state index contributed by atoms with van der Waals surface area (Å²) in [7, 11) is 0. The summed E-state index contributed by atoms with van der Waals surface area (Å²) in [5.74, 6) is 0.736. The van der Waals surface area contributed by atoms with Crippen LogP contribution in [0.4, 0.5) is 10.1 Å².